The van der Waals surface area contributed by atoms with Crippen LogP contribution in [0.25, 0.3) is 0 Å². The molecule has 1 aliphatic heterocycles. The van der Waals surface area contributed by atoms with Crippen molar-refractivity contribution in [2.24, 2.45) is 0 Å². The molecule has 0 saturated carbocycles. The fraction of sp³-hybridized carbons (Fsp3) is 0.125. The van der Waals surface area contributed by atoms with E-state index in [1.165, 1.54) is 18.2 Å². The Morgan fingerprint density at radius 3 is 2.44 bits per heavy atom. The molecule has 2 aromatic rings. The summed E-state index contributed by atoms with van der Waals surface area (Å²) in [6.07, 6.45) is 2.11. The van der Waals surface area contributed by atoms with Crippen LogP contribution in [-0.4, -0.2) is 33.3 Å². The molecule has 0 aromatic heterocycles. The second kappa shape index (κ2) is 6.67. The third kappa shape index (κ3) is 4.26. The lowest BCUT2D eigenvalue weighted by Gasteiger charge is -2.16. The number of anilines is 1. The summed E-state index contributed by atoms with van der Waals surface area (Å²) in [6, 6.07) is 10.8. The van der Waals surface area contributed by atoms with E-state index in [-0.39, 0.29) is 23.6 Å². The average Bonchev–Trinajstić information content (AvgIpc) is 2.80. The molecule has 0 fully saturated rings. The van der Waals surface area contributed by atoms with Gasteiger partial charge < -0.3 is 14.4 Å². The molecular formula is C16H16N2O7S2. The highest BCUT2D eigenvalue weighted by Gasteiger charge is 2.30. The van der Waals surface area contributed by atoms with Crippen LogP contribution in [0.15, 0.2) is 54.5 Å². The Morgan fingerprint density at radius 1 is 1.15 bits per heavy atom. The molecule has 0 radical (unpaired) electrons. The summed E-state index contributed by atoms with van der Waals surface area (Å²) in [5.41, 5.74) is 1.12. The Bertz CT molecular complexity index is 1130. The lowest BCUT2D eigenvalue weighted by Crippen LogP contribution is -2.29. The summed E-state index contributed by atoms with van der Waals surface area (Å²) in [4.78, 5) is 0. The Kier molecular flexibility index (Phi) is 4.66. The number of hydrogen-bond acceptors (Lipinski definition) is 7. The zero-order valence-corrected chi connectivity index (χ0v) is 15.7. The molecule has 3 rings (SSSR count). The average molecular weight is 412 g/mol. The van der Waals surface area contributed by atoms with Gasteiger partial charge in [0.2, 0.25) is 5.88 Å². The van der Waals surface area contributed by atoms with Crippen LogP contribution >= 0.6 is 0 Å². The van der Waals surface area contributed by atoms with E-state index in [1.54, 1.807) is 24.3 Å². The van der Waals surface area contributed by atoms with Gasteiger partial charge in [0.05, 0.1) is 12.5 Å². The molecule has 3 N–H and O–H groups in total. The Balaban J connectivity index is 1.90. The summed E-state index contributed by atoms with van der Waals surface area (Å²) < 4.78 is 54.1. The van der Waals surface area contributed by atoms with Crippen molar-refractivity contribution in [1.82, 2.24) is 4.72 Å². The standard InChI is InChI=1S/C16H16N2O7S2/c1-26(21,22)25-15-5-3-2-4-12(15)8-11-6-7-13(14(19)9-11)18-10-16(20)17-27(18,23)24/h2-7,9-10,17,19-20H,8H2,1H3. The van der Waals surface area contributed by atoms with Gasteiger partial charge in [0.25, 0.3) is 0 Å². The van der Waals surface area contributed by atoms with Gasteiger partial charge in [0, 0.05) is 12.0 Å². The molecule has 11 heteroatoms. The van der Waals surface area contributed by atoms with Crippen LogP contribution in [0.5, 0.6) is 11.5 Å². The molecule has 0 bridgehead atoms. The van der Waals surface area contributed by atoms with Crippen molar-refractivity contribution in [2.45, 2.75) is 6.42 Å². The van der Waals surface area contributed by atoms with E-state index in [0.717, 1.165) is 12.5 Å². The molecule has 0 spiro atoms. The highest BCUT2D eigenvalue weighted by molar-refractivity contribution is 7.91. The van der Waals surface area contributed by atoms with Gasteiger partial charge in [-0.15, -0.1) is 0 Å². The molecule has 27 heavy (non-hydrogen) atoms. The van der Waals surface area contributed by atoms with Crippen molar-refractivity contribution in [2.75, 3.05) is 10.6 Å². The fourth-order valence-electron chi connectivity index (χ4n) is 2.57. The molecule has 2 aromatic carbocycles. The zero-order chi connectivity index (χ0) is 19.8. The van der Waals surface area contributed by atoms with Crippen LogP contribution < -0.4 is 13.2 Å². The van der Waals surface area contributed by atoms with Gasteiger partial charge in [-0.2, -0.15) is 16.8 Å². The first kappa shape index (κ1) is 18.9. The summed E-state index contributed by atoms with van der Waals surface area (Å²) >= 11 is 0. The van der Waals surface area contributed by atoms with Crippen molar-refractivity contribution < 1.29 is 31.2 Å². The van der Waals surface area contributed by atoms with E-state index in [1.807, 2.05) is 4.72 Å². The van der Waals surface area contributed by atoms with E-state index < -0.39 is 26.2 Å². The van der Waals surface area contributed by atoms with Crippen LogP contribution in [-0.2, 0) is 26.7 Å². The minimum atomic E-state index is -4.02. The second-order valence-electron chi connectivity index (χ2n) is 5.81. The molecule has 0 amide bonds. The Hall–Kier alpha value is -2.92. The second-order valence-corrected chi connectivity index (χ2v) is 8.93. The van der Waals surface area contributed by atoms with Crippen molar-refractivity contribution in [1.29, 1.82) is 0 Å². The molecule has 1 heterocycles. The number of phenolic OH excluding ortho intramolecular Hbond substituents is 1. The first-order chi connectivity index (χ1) is 12.5. The van der Waals surface area contributed by atoms with Gasteiger partial charge >= 0.3 is 20.3 Å². The number of rotatable bonds is 5. The molecular weight excluding hydrogens is 396 g/mol. The number of aromatic hydroxyl groups is 1. The van der Waals surface area contributed by atoms with Crippen LogP contribution in [0.1, 0.15) is 11.1 Å². The van der Waals surface area contributed by atoms with Gasteiger partial charge in [-0.3, -0.25) is 0 Å². The van der Waals surface area contributed by atoms with Crippen LogP contribution in [0.2, 0.25) is 0 Å². The number of para-hydroxylation sites is 1. The summed E-state index contributed by atoms with van der Waals surface area (Å²) in [7, 11) is -7.71. The maximum absolute atomic E-state index is 11.9. The van der Waals surface area contributed by atoms with E-state index >= 15 is 0 Å². The molecule has 0 unspecified atom stereocenters. The van der Waals surface area contributed by atoms with Gasteiger partial charge in [-0.1, -0.05) is 24.3 Å². The first-order valence-corrected chi connectivity index (χ1v) is 10.8. The molecule has 1 aliphatic rings. The highest BCUT2D eigenvalue weighted by atomic mass is 32.2. The minimum Gasteiger partial charge on any atom is -0.506 e. The number of aliphatic hydroxyl groups excluding tert-OH is 1. The van der Waals surface area contributed by atoms with Crippen molar-refractivity contribution in [3.05, 3.63) is 65.7 Å². The molecule has 9 nitrogen and oxygen atoms in total. The maximum atomic E-state index is 11.9. The zero-order valence-electron chi connectivity index (χ0n) is 14.0. The van der Waals surface area contributed by atoms with Gasteiger partial charge in [-0.05, 0) is 23.8 Å². The lowest BCUT2D eigenvalue weighted by molar-refractivity contribution is 0.392. The smallest absolute Gasteiger partial charge is 0.330 e. The fourth-order valence-corrected chi connectivity index (χ4v) is 4.12. The van der Waals surface area contributed by atoms with Crippen LogP contribution in [0.4, 0.5) is 5.69 Å². The monoisotopic (exact) mass is 412 g/mol. The van der Waals surface area contributed by atoms with Gasteiger partial charge in [0.15, 0.2) is 0 Å². The third-order valence-electron chi connectivity index (χ3n) is 3.62. The predicted molar refractivity (Wildman–Crippen MR) is 98.1 cm³/mol. The van der Waals surface area contributed by atoms with Gasteiger partial charge in [-0.25, -0.2) is 9.03 Å². The number of nitrogens with one attached hydrogen (secondary N) is 1. The van der Waals surface area contributed by atoms with Crippen molar-refractivity contribution in [3.63, 3.8) is 0 Å². The topological polar surface area (TPSA) is 133 Å². The largest absolute Gasteiger partial charge is 0.506 e. The predicted octanol–water partition coefficient (Wildman–Crippen LogP) is 1.33. The SMILES string of the molecule is CS(=O)(=O)Oc1ccccc1Cc1ccc(N2C=C(O)NS2(=O)=O)c(O)c1. The summed E-state index contributed by atoms with van der Waals surface area (Å²) in [5, 5.41) is 19.6. The van der Waals surface area contributed by atoms with E-state index in [4.69, 9.17) is 4.18 Å². The number of benzene rings is 2. The van der Waals surface area contributed by atoms with Crippen molar-refractivity contribution in [3.8, 4) is 11.5 Å². The lowest BCUT2D eigenvalue weighted by atomic mass is 10.0. The normalized spacial score (nSPS) is 15.9. The quantitative estimate of drug-likeness (QED) is 0.631. The van der Waals surface area contributed by atoms with Crippen LogP contribution in [0.3, 0.4) is 0 Å². The minimum absolute atomic E-state index is 0.0454. The third-order valence-corrected chi connectivity index (χ3v) is 5.39. The van der Waals surface area contributed by atoms with E-state index in [9.17, 15) is 27.0 Å². The molecule has 144 valence electrons. The van der Waals surface area contributed by atoms with Crippen LogP contribution in [0, 0.1) is 0 Å². The van der Waals surface area contributed by atoms with Crippen molar-refractivity contribution >= 4 is 26.0 Å². The van der Waals surface area contributed by atoms with E-state index in [0.29, 0.717) is 15.4 Å². The Labute approximate surface area is 156 Å². The van der Waals surface area contributed by atoms with E-state index in [2.05, 4.69) is 0 Å². The highest BCUT2D eigenvalue weighted by Crippen LogP contribution is 2.33. The first-order valence-electron chi connectivity index (χ1n) is 7.57. The summed E-state index contributed by atoms with van der Waals surface area (Å²) in [6.45, 7) is 0. The maximum Gasteiger partial charge on any atom is 0.330 e. The Morgan fingerprint density at radius 2 is 1.85 bits per heavy atom. The molecule has 0 atom stereocenters. The number of aliphatic hydroxyl groups is 1. The number of phenols is 1. The molecule has 0 saturated heterocycles. The van der Waals surface area contributed by atoms with Gasteiger partial charge in [0.1, 0.15) is 17.2 Å². The number of nitrogens with zero attached hydrogens (tertiary/aromatic N) is 1. The number of hydrogen-bond donors (Lipinski definition) is 3. The summed E-state index contributed by atoms with van der Waals surface area (Å²) in [5.74, 6) is -0.724. The molecule has 0 aliphatic carbocycles.